The highest BCUT2D eigenvalue weighted by molar-refractivity contribution is 5.99. The van der Waals surface area contributed by atoms with Gasteiger partial charge in [0.05, 0.1) is 31.2 Å². The van der Waals surface area contributed by atoms with Crippen LogP contribution in [0.25, 0.3) is 11.0 Å². The van der Waals surface area contributed by atoms with E-state index >= 15 is 0 Å². The van der Waals surface area contributed by atoms with Crippen LogP contribution in [0.1, 0.15) is 33.3 Å². The van der Waals surface area contributed by atoms with Gasteiger partial charge in [-0.1, -0.05) is 18.2 Å². The summed E-state index contributed by atoms with van der Waals surface area (Å²) in [5, 5.41) is 0.0467. The van der Waals surface area contributed by atoms with Gasteiger partial charge in [0.25, 0.3) is 5.91 Å². The monoisotopic (exact) mass is 477 g/mol. The van der Waals surface area contributed by atoms with Crippen LogP contribution in [-0.4, -0.2) is 31.6 Å². The first-order chi connectivity index (χ1) is 16.9. The average molecular weight is 477 g/mol. The zero-order valence-electron chi connectivity index (χ0n) is 19.0. The molecule has 1 aliphatic rings. The van der Waals surface area contributed by atoms with Gasteiger partial charge >= 0.3 is 0 Å². The molecule has 0 saturated carbocycles. The molecule has 0 unspecified atom stereocenters. The van der Waals surface area contributed by atoms with E-state index in [1.165, 1.54) is 48.4 Å². The van der Waals surface area contributed by atoms with Crippen molar-refractivity contribution in [3.8, 4) is 11.5 Å². The number of hydrogen-bond donors (Lipinski definition) is 0. The fourth-order valence-corrected chi connectivity index (χ4v) is 4.50. The van der Waals surface area contributed by atoms with E-state index in [0.29, 0.717) is 23.5 Å². The lowest BCUT2D eigenvalue weighted by molar-refractivity contribution is 0.0730. The molecular weight excluding hydrogens is 456 g/mol. The molecule has 2 heterocycles. The molecule has 0 aliphatic carbocycles. The molecule has 178 valence electrons. The third-order valence-electron chi connectivity index (χ3n) is 6.20. The Morgan fingerprint density at radius 1 is 0.886 bits per heavy atom. The van der Waals surface area contributed by atoms with Crippen LogP contribution in [0.2, 0.25) is 0 Å². The Balaban J connectivity index is 1.58. The Morgan fingerprint density at radius 3 is 2.31 bits per heavy atom. The van der Waals surface area contributed by atoms with E-state index in [-0.39, 0.29) is 28.8 Å². The van der Waals surface area contributed by atoms with E-state index in [1.54, 1.807) is 13.2 Å². The zero-order chi connectivity index (χ0) is 24.7. The summed E-state index contributed by atoms with van der Waals surface area (Å²) in [6, 6.07) is 13.9. The van der Waals surface area contributed by atoms with Gasteiger partial charge in [0.15, 0.2) is 16.9 Å². The second-order valence-electron chi connectivity index (χ2n) is 8.21. The summed E-state index contributed by atoms with van der Waals surface area (Å²) in [6.45, 7) is 0.241. The number of halogens is 2. The lowest BCUT2D eigenvalue weighted by atomic mass is 9.98. The minimum atomic E-state index is -0.804. The Kier molecular flexibility index (Phi) is 5.72. The highest BCUT2D eigenvalue weighted by atomic mass is 19.1. The number of nitrogens with zero attached hydrogens (tertiary/aromatic N) is 1. The highest BCUT2D eigenvalue weighted by Gasteiger charge is 2.42. The maximum atomic E-state index is 13.9. The van der Waals surface area contributed by atoms with Crippen LogP contribution in [0.15, 0.2) is 69.9 Å². The summed E-state index contributed by atoms with van der Waals surface area (Å²) >= 11 is 0. The molecule has 4 aromatic rings. The second-order valence-corrected chi connectivity index (χ2v) is 8.21. The number of rotatable bonds is 6. The Bertz CT molecular complexity index is 1500. The lowest BCUT2D eigenvalue weighted by Gasteiger charge is -2.25. The summed E-state index contributed by atoms with van der Waals surface area (Å²) in [7, 11) is 3.09. The summed E-state index contributed by atoms with van der Waals surface area (Å²) in [5.74, 6) is -0.436. The van der Waals surface area contributed by atoms with Gasteiger partial charge in [0.2, 0.25) is 5.76 Å². The van der Waals surface area contributed by atoms with Gasteiger partial charge in [-0.3, -0.25) is 9.59 Å². The standard InChI is InChI=1S/C27H21F2NO5/c1-33-21-9-3-15(13-22(21)34-2)11-12-30-24(16-4-6-17(28)7-5-16)23-25(31)19-14-18(29)8-10-20(19)35-26(23)27(30)32/h3-10,13-14,24H,11-12H2,1-2H3/t24-/m1/s1. The fraction of sp³-hybridized carbons (Fsp3) is 0.185. The van der Waals surface area contributed by atoms with Crippen LogP contribution in [0.5, 0.6) is 11.5 Å². The summed E-state index contributed by atoms with van der Waals surface area (Å²) < 4.78 is 44.0. The first-order valence-electron chi connectivity index (χ1n) is 10.9. The number of carbonyl (C=O) groups is 1. The van der Waals surface area contributed by atoms with Crippen LogP contribution in [0, 0.1) is 11.6 Å². The molecule has 0 N–H and O–H groups in total. The molecule has 0 radical (unpaired) electrons. The predicted molar refractivity (Wildman–Crippen MR) is 125 cm³/mol. The van der Waals surface area contributed by atoms with Crippen molar-refractivity contribution in [1.82, 2.24) is 4.90 Å². The van der Waals surface area contributed by atoms with Crippen molar-refractivity contribution in [1.29, 1.82) is 0 Å². The van der Waals surface area contributed by atoms with E-state index in [4.69, 9.17) is 13.9 Å². The molecule has 0 fully saturated rings. The molecule has 0 spiro atoms. The molecule has 1 amide bonds. The van der Waals surface area contributed by atoms with Gasteiger partial charge < -0.3 is 18.8 Å². The predicted octanol–water partition coefficient (Wildman–Crippen LogP) is 4.88. The molecule has 0 bridgehead atoms. The van der Waals surface area contributed by atoms with Gasteiger partial charge in [-0.05, 0) is 60.0 Å². The molecule has 1 aromatic heterocycles. The normalized spacial score (nSPS) is 14.9. The lowest BCUT2D eigenvalue weighted by Crippen LogP contribution is -2.31. The first kappa shape index (κ1) is 22.6. The van der Waals surface area contributed by atoms with Gasteiger partial charge in [-0.2, -0.15) is 0 Å². The van der Waals surface area contributed by atoms with Crippen LogP contribution >= 0.6 is 0 Å². The van der Waals surface area contributed by atoms with Crippen molar-refractivity contribution >= 4 is 16.9 Å². The number of benzene rings is 3. The van der Waals surface area contributed by atoms with E-state index < -0.39 is 29.0 Å². The van der Waals surface area contributed by atoms with Crippen molar-refractivity contribution in [2.45, 2.75) is 12.5 Å². The minimum absolute atomic E-state index is 0.0467. The number of carbonyl (C=O) groups excluding carboxylic acids is 1. The molecule has 6 nitrogen and oxygen atoms in total. The van der Waals surface area contributed by atoms with Crippen LogP contribution in [-0.2, 0) is 6.42 Å². The smallest absolute Gasteiger partial charge is 0.290 e. The van der Waals surface area contributed by atoms with E-state index in [2.05, 4.69) is 0 Å². The highest BCUT2D eigenvalue weighted by Crippen LogP contribution is 2.38. The van der Waals surface area contributed by atoms with Gasteiger partial charge in [0, 0.05) is 6.54 Å². The van der Waals surface area contributed by atoms with E-state index in [1.807, 2.05) is 12.1 Å². The summed E-state index contributed by atoms with van der Waals surface area (Å²) in [6.07, 6.45) is 0.445. The van der Waals surface area contributed by atoms with Crippen molar-refractivity contribution in [2.75, 3.05) is 20.8 Å². The Hall–Kier alpha value is -4.20. The van der Waals surface area contributed by atoms with E-state index in [9.17, 15) is 18.4 Å². The number of methoxy groups -OCH3 is 2. The minimum Gasteiger partial charge on any atom is -0.493 e. The molecular formula is C27H21F2NO5. The third-order valence-corrected chi connectivity index (χ3v) is 6.20. The van der Waals surface area contributed by atoms with Crippen molar-refractivity contribution in [3.63, 3.8) is 0 Å². The fourth-order valence-electron chi connectivity index (χ4n) is 4.50. The molecule has 35 heavy (non-hydrogen) atoms. The number of hydrogen-bond acceptors (Lipinski definition) is 5. The van der Waals surface area contributed by atoms with Gasteiger partial charge in [-0.15, -0.1) is 0 Å². The first-order valence-corrected chi connectivity index (χ1v) is 10.9. The molecule has 5 rings (SSSR count). The summed E-state index contributed by atoms with van der Waals surface area (Å²) in [5.41, 5.74) is 1.19. The van der Waals surface area contributed by atoms with Crippen LogP contribution < -0.4 is 14.9 Å². The molecule has 1 atom stereocenters. The SMILES string of the molecule is COc1ccc(CCN2C(=O)c3oc4ccc(F)cc4c(=O)c3[C@H]2c2ccc(F)cc2)cc1OC. The Labute approximate surface area is 199 Å². The zero-order valence-corrected chi connectivity index (χ0v) is 19.0. The number of fused-ring (bicyclic) bond motifs is 2. The maximum absolute atomic E-state index is 13.9. The van der Waals surface area contributed by atoms with Crippen molar-refractivity contribution in [3.05, 3.63) is 105 Å². The van der Waals surface area contributed by atoms with Crippen molar-refractivity contribution in [2.24, 2.45) is 0 Å². The number of amides is 1. The summed E-state index contributed by atoms with van der Waals surface area (Å²) in [4.78, 5) is 28.4. The van der Waals surface area contributed by atoms with Gasteiger partial charge in [-0.25, -0.2) is 8.78 Å². The average Bonchev–Trinajstić information content (AvgIpc) is 3.15. The number of ether oxygens (including phenoxy) is 2. The Morgan fingerprint density at radius 2 is 1.60 bits per heavy atom. The van der Waals surface area contributed by atoms with Gasteiger partial charge in [0.1, 0.15) is 17.2 Å². The molecule has 8 heteroatoms. The third kappa shape index (κ3) is 3.90. The van der Waals surface area contributed by atoms with Crippen LogP contribution in [0.3, 0.4) is 0 Å². The largest absolute Gasteiger partial charge is 0.493 e. The topological polar surface area (TPSA) is 69.0 Å². The molecule has 1 aliphatic heterocycles. The van der Waals surface area contributed by atoms with E-state index in [0.717, 1.165) is 11.6 Å². The molecule has 3 aromatic carbocycles. The maximum Gasteiger partial charge on any atom is 0.290 e. The second kappa shape index (κ2) is 8.87. The molecule has 0 saturated heterocycles. The van der Waals surface area contributed by atoms with Crippen LogP contribution in [0.4, 0.5) is 8.78 Å². The quantitative estimate of drug-likeness (QED) is 0.396. The van der Waals surface area contributed by atoms with Crippen molar-refractivity contribution < 1.29 is 27.5 Å².